The minimum atomic E-state index is -3.03. The lowest BCUT2D eigenvalue weighted by molar-refractivity contribution is -0.131. The Kier molecular flexibility index (Phi) is 6.10. The average Bonchev–Trinajstić information content (AvgIpc) is 3.43. The molecule has 2 aliphatic heterocycles. The summed E-state index contributed by atoms with van der Waals surface area (Å²) in [6, 6.07) is 3.25. The van der Waals surface area contributed by atoms with Crippen molar-refractivity contribution in [3.8, 4) is 17.0 Å². The number of fused-ring (bicyclic) bond motifs is 2. The van der Waals surface area contributed by atoms with Crippen molar-refractivity contribution < 1.29 is 27.0 Å². The fourth-order valence-electron chi connectivity index (χ4n) is 5.03. The molecule has 2 saturated heterocycles. The van der Waals surface area contributed by atoms with Crippen molar-refractivity contribution in [3.05, 3.63) is 30.2 Å². The number of alkyl halides is 3. The van der Waals surface area contributed by atoms with Crippen LogP contribution in [0.15, 0.2) is 24.4 Å². The molecule has 0 aliphatic carbocycles. The second-order valence-corrected chi connectivity index (χ2v) is 9.74. The van der Waals surface area contributed by atoms with Crippen molar-refractivity contribution in [1.29, 1.82) is 0 Å². The highest BCUT2D eigenvalue weighted by Gasteiger charge is 2.47. The molecule has 0 saturated carbocycles. The number of nitrogens with zero attached hydrogens (tertiary/aromatic N) is 7. The van der Waals surface area contributed by atoms with Gasteiger partial charge in [-0.2, -0.15) is 4.98 Å². The van der Waals surface area contributed by atoms with Gasteiger partial charge in [0.05, 0.1) is 62.3 Å². The zero-order valence-electron chi connectivity index (χ0n) is 20.7. The van der Waals surface area contributed by atoms with E-state index >= 15 is 4.39 Å². The van der Waals surface area contributed by atoms with Gasteiger partial charge in [0.1, 0.15) is 17.7 Å². The van der Waals surface area contributed by atoms with Gasteiger partial charge in [0.15, 0.2) is 5.82 Å². The highest BCUT2D eigenvalue weighted by atomic mass is 19.3. The number of aromatic nitrogens is 6. The Morgan fingerprint density at radius 3 is 2.79 bits per heavy atom. The number of likely N-dealkylation sites (tertiary alicyclic amines) is 1. The summed E-state index contributed by atoms with van der Waals surface area (Å²) in [5.41, 5.74) is 1.89. The van der Waals surface area contributed by atoms with Crippen LogP contribution in [0.25, 0.3) is 27.7 Å². The van der Waals surface area contributed by atoms with Crippen LogP contribution in [-0.4, -0.2) is 92.6 Å². The largest absolute Gasteiger partial charge is 0.479 e. The number of hydrogen-bond donors (Lipinski definition) is 1. The van der Waals surface area contributed by atoms with E-state index in [1.54, 1.807) is 30.0 Å². The first kappa shape index (κ1) is 24.8. The molecule has 2 aliphatic rings. The van der Waals surface area contributed by atoms with E-state index in [1.165, 1.54) is 16.3 Å². The van der Waals surface area contributed by atoms with Gasteiger partial charge in [-0.25, -0.2) is 26.8 Å². The van der Waals surface area contributed by atoms with Gasteiger partial charge in [0.2, 0.25) is 11.8 Å². The Morgan fingerprint density at radius 1 is 1.29 bits per heavy atom. The third-order valence-electron chi connectivity index (χ3n) is 7.22. The normalized spacial score (nSPS) is 21.1. The Morgan fingerprint density at radius 2 is 2.11 bits per heavy atom. The molecule has 2 fully saturated rings. The number of piperidine rings is 1. The number of halogens is 4. The lowest BCUT2D eigenvalue weighted by atomic mass is 9.98. The van der Waals surface area contributed by atoms with Crippen molar-refractivity contribution in [2.75, 3.05) is 45.4 Å². The van der Waals surface area contributed by atoms with E-state index in [2.05, 4.69) is 25.7 Å². The summed E-state index contributed by atoms with van der Waals surface area (Å²) in [6.07, 6.45) is 1.32. The summed E-state index contributed by atoms with van der Waals surface area (Å²) in [7, 11) is 1.36. The van der Waals surface area contributed by atoms with Crippen molar-refractivity contribution in [2.45, 2.75) is 37.4 Å². The molecule has 4 aromatic rings. The van der Waals surface area contributed by atoms with Crippen LogP contribution in [0.2, 0.25) is 0 Å². The molecule has 38 heavy (non-hydrogen) atoms. The first-order chi connectivity index (χ1) is 18.3. The summed E-state index contributed by atoms with van der Waals surface area (Å²) < 4.78 is 71.9. The topological polar surface area (TPSA) is 94.6 Å². The molecule has 2 atom stereocenters. The quantitative estimate of drug-likeness (QED) is 0.361. The van der Waals surface area contributed by atoms with E-state index in [9.17, 15) is 13.2 Å². The number of nitrogens with one attached hydrogen (secondary N) is 1. The van der Waals surface area contributed by atoms with Crippen molar-refractivity contribution in [3.63, 3.8) is 0 Å². The van der Waals surface area contributed by atoms with Crippen LogP contribution in [0, 0.1) is 5.82 Å². The van der Waals surface area contributed by atoms with Crippen molar-refractivity contribution in [1.82, 2.24) is 34.5 Å². The fraction of sp³-hybridized carbons (Fsp3) is 0.500. The molecule has 6 rings (SSSR count). The van der Waals surface area contributed by atoms with E-state index in [-0.39, 0.29) is 35.4 Å². The van der Waals surface area contributed by atoms with Crippen LogP contribution in [0.1, 0.15) is 19.4 Å². The standard InChI is InChI=1S/C24H26F4N8O2/c1-13(8-25)36-18-7-14(3-4-17(18)31-33-36)20-16(26)9-35-21(20)22(37-2)30-23(32-35)29-19-5-6-34(12-24(19,27)28)15-10-38-11-15/h3-4,7,9,13,15,19H,5-6,8,10-12H2,1-2H3,(H,29,32)/t13-,19-/m1/s1. The maximum atomic E-state index is 15.3. The van der Waals surface area contributed by atoms with Crippen LogP contribution in [0.3, 0.4) is 0 Å². The Hall–Kier alpha value is -3.52. The van der Waals surface area contributed by atoms with Gasteiger partial charge >= 0.3 is 0 Å². The van der Waals surface area contributed by atoms with Gasteiger partial charge in [-0.1, -0.05) is 11.3 Å². The molecule has 1 aromatic carbocycles. The summed E-state index contributed by atoms with van der Waals surface area (Å²) in [4.78, 5) is 6.04. The molecular weight excluding hydrogens is 508 g/mol. The zero-order chi connectivity index (χ0) is 26.6. The number of benzene rings is 1. The van der Waals surface area contributed by atoms with Crippen LogP contribution in [0.4, 0.5) is 23.5 Å². The van der Waals surface area contributed by atoms with Crippen LogP contribution in [-0.2, 0) is 4.74 Å². The molecule has 0 unspecified atom stereocenters. The molecule has 1 N–H and O–H groups in total. The highest BCUT2D eigenvalue weighted by Crippen LogP contribution is 2.37. The van der Waals surface area contributed by atoms with Crippen LogP contribution >= 0.6 is 0 Å². The van der Waals surface area contributed by atoms with Gasteiger partial charge in [0.25, 0.3) is 5.92 Å². The van der Waals surface area contributed by atoms with E-state index < -0.39 is 37.0 Å². The SMILES string of the molecule is COc1nc(N[C@@H]2CCN(C3COC3)CC2(F)F)nn2cc(F)c(-c3ccc4nnn([C@H](C)CF)c4c3)c12. The maximum Gasteiger partial charge on any atom is 0.280 e. The first-order valence-corrected chi connectivity index (χ1v) is 12.3. The Labute approximate surface area is 214 Å². The number of hydrogen-bond acceptors (Lipinski definition) is 8. The molecule has 0 amide bonds. The molecule has 5 heterocycles. The van der Waals surface area contributed by atoms with Gasteiger partial charge in [-0.05, 0) is 31.0 Å². The second kappa shape index (κ2) is 9.34. The van der Waals surface area contributed by atoms with E-state index in [1.807, 2.05) is 0 Å². The fourth-order valence-corrected chi connectivity index (χ4v) is 5.03. The minimum Gasteiger partial charge on any atom is -0.479 e. The van der Waals surface area contributed by atoms with Gasteiger partial charge in [-0.3, -0.25) is 4.90 Å². The molecule has 202 valence electrons. The van der Waals surface area contributed by atoms with E-state index in [4.69, 9.17) is 9.47 Å². The number of methoxy groups -OCH3 is 1. The van der Waals surface area contributed by atoms with Gasteiger partial charge < -0.3 is 14.8 Å². The lowest BCUT2D eigenvalue weighted by Gasteiger charge is -2.44. The van der Waals surface area contributed by atoms with E-state index in [0.717, 1.165) is 6.20 Å². The van der Waals surface area contributed by atoms with Gasteiger partial charge in [-0.15, -0.1) is 10.2 Å². The van der Waals surface area contributed by atoms with Crippen LogP contribution in [0.5, 0.6) is 5.88 Å². The molecule has 10 nitrogen and oxygen atoms in total. The summed E-state index contributed by atoms with van der Waals surface area (Å²) in [5, 5.41) is 15.1. The van der Waals surface area contributed by atoms with E-state index in [0.29, 0.717) is 36.4 Å². The number of ether oxygens (including phenoxy) is 2. The van der Waals surface area contributed by atoms with Crippen molar-refractivity contribution >= 4 is 22.5 Å². The summed E-state index contributed by atoms with van der Waals surface area (Å²) >= 11 is 0. The molecule has 0 bridgehead atoms. The van der Waals surface area contributed by atoms with Crippen LogP contribution < -0.4 is 10.1 Å². The molecule has 0 radical (unpaired) electrons. The summed E-state index contributed by atoms with van der Waals surface area (Å²) in [6.45, 7) is 2.04. The first-order valence-electron chi connectivity index (χ1n) is 12.3. The number of rotatable bonds is 7. The Balaban J connectivity index is 1.34. The zero-order valence-corrected chi connectivity index (χ0v) is 20.7. The van der Waals surface area contributed by atoms with Gasteiger partial charge in [0, 0.05) is 6.54 Å². The minimum absolute atomic E-state index is 0.0117. The molecule has 14 heteroatoms. The highest BCUT2D eigenvalue weighted by molar-refractivity contribution is 5.89. The summed E-state index contributed by atoms with van der Waals surface area (Å²) in [5.74, 6) is -3.74. The molecule has 3 aromatic heterocycles. The third kappa shape index (κ3) is 4.11. The smallest absolute Gasteiger partial charge is 0.280 e. The lowest BCUT2D eigenvalue weighted by Crippen LogP contribution is -2.61. The monoisotopic (exact) mass is 534 g/mol. The predicted octanol–water partition coefficient (Wildman–Crippen LogP) is 3.34. The maximum absolute atomic E-state index is 15.3. The third-order valence-corrected chi connectivity index (χ3v) is 7.22. The molecular formula is C24H26F4N8O2. The number of anilines is 1. The average molecular weight is 535 g/mol. The molecule has 0 spiro atoms. The Bertz CT molecular complexity index is 1490. The van der Waals surface area contributed by atoms with Crippen molar-refractivity contribution in [2.24, 2.45) is 0 Å². The predicted molar refractivity (Wildman–Crippen MR) is 130 cm³/mol. The second-order valence-electron chi connectivity index (χ2n) is 9.74.